The van der Waals surface area contributed by atoms with E-state index in [1.807, 2.05) is 31.2 Å². The molecule has 8 heteroatoms. The third-order valence-electron chi connectivity index (χ3n) is 7.62. The summed E-state index contributed by atoms with van der Waals surface area (Å²) >= 11 is 0. The van der Waals surface area contributed by atoms with Gasteiger partial charge in [0.15, 0.2) is 0 Å². The molecule has 4 rings (SSSR count). The first-order valence-corrected chi connectivity index (χ1v) is 14.2. The first-order valence-electron chi connectivity index (χ1n) is 14.2. The zero-order valence-corrected chi connectivity index (χ0v) is 23.2. The van der Waals surface area contributed by atoms with Crippen LogP contribution in [0.4, 0.5) is 14.9 Å². The van der Waals surface area contributed by atoms with E-state index >= 15 is 0 Å². The quantitative estimate of drug-likeness (QED) is 0.466. The molecule has 0 aromatic heterocycles. The molecule has 1 heterocycles. The molecule has 1 saturated carbocycles. The molecule has 39 heavy (non-hydrogen) atoms. The number of ether oxygens (including phenoxy) is 1. The number of nitrogens with one attached hydrogen (secondary N) is 1. The largest absolute Gasteiger partial charge is 0.447 e. The van der Waals surface area contributed by atoms with Gasteiger partial charge in [-0.1, -0.05) is 49.6 Å². The number of amides is 3. The van der Waals surface area contributed by atoms with Crippen molar-refractivity contribution in [1.29, 1.82) is 0 Å². The first kappa shape index (κ1) is 28.6. The summed E-state index contributed by atoms with van der Waals surface area (Å²) in [6.45, 7) is 5.81. The molecule has 2 aromatic rings. The molecule has 1 saturated heterocycles. The highest BCUT2D eigenvalue weighted by Crippen LogP contribution is 2.34. The minimum Gasteiger partial charge on any atom is -0.447 e. The summed E-state index contributed by atoms with van der Waals surface area (Å²) in [6.07, 6.45) is 6.05. The number of hydrogen-bond donors (Lipinski definition) is 1. The monoisotopic (exact) mass is 537 g/mol. The van der Waals surface area contributed by atoms with Gasteiger partial charge in [-0.15, -0.1) is 0 Å². The molecule has 1 aliphatic carbocycles. The maximum absolute atomic E-state index is 14.6. The average Bonchev–Trinajstić information content (AvgIpc) is 2.92. The number of halogens is 1. The Balaban J connectivity index is 1.79. The van der Waals surface area contributed by atoms with Gasteiger partial charge in [0, 0.05) is 18.3 Å². The lowest BCUT2D eigenvalue weighted by atomic mass is 9.93. The highest BCUT2D eigenvalue weighted by atomic mass is 19.1. The van der Waals surface area contributed by atoms with Crippen molar-refractivity contribution >= 4 is 23.6 Å². The second kappa shape index (κ2) is 13.1. The molecular formula is C31H40FN3O4. The van der Waals surface area contributed by atoms with E-state index in [0.717, 1.165) is 50.5 Å². The smallest absolute Gasteiger partial charge is 0.410 e. The lowest BCUT2D eigenvalue weighted by Gasteiger charge is -2.40. The number of anilines is 1. The number of carbonyl (C=O) groups excluding carboxylic acids is 3. The maximum Gasteiger partial charge on any atom is 0.410 e. The van der Waals surface area contributed by atoms with Gasteiger partial charge in [0.05, 0.1) is 6.10 Å². The Morgan fingerprint density at radius 3 is 2.38 bits per heavy atom. The van der Waals surface area contributed by atoms with Gasteiger partial charge in [0.25, 0.3) is 5.91 Å². The molecular weight excluding hydrogens is 497 g/mol. The van der Waals surface area contributed by atoms with E-state index in [9.17, 15) is 18.8 Å². The first-order chi connectivity index (χ1) is 18.8. The van der Waals surface area contributed by atoms with Crippen molar-refractivity contribution in [3.63, 3.8) is 0 Å². The molecule has 1 N–H and O–H groups in total. The number of rotatable bonds is 7. The Morgan fingerprint density at radius 2 is 1.69 bits per heavy atom. The van der Waals surface area contributed by atoms with Crippen LogP contribution in [0, 0.1) is 12.7 Å². The number of benzene rings is 2. The van der Waals surface area contributed by atoms with Crippen molar-refractivity contribution in [1.82, 2.24) is 10.2 Å². The van der Waals surface area contributed by atoms with E-state index in [0.29, 0.717) is 18.5 Å². The summed E-state index contributed by atoms with van der Waals surface area (Å²) in [7, 11) is 0. The van der Waals surface area contributed by atoms with Gasteiger partial charge in [-0.25, -0.2) is 9.18 Å². The van der Waals surface area contributed by atoms with Crippen LogP contribution in [-0.4, -0.2) is 47.5 Å². The third kappa shape index (κ3) is 6.97. The van der Waals surface area contributed by atoms with E-state index in [4.69, 9.17) is 4.74 Å². The fourth-order valence-corrected chi connectivity index (χ4v) is 5.68. The molecule has 0 radical (unpaired) electrons. The number of hydrogen-bond acceptors (Lipinski definition) is 4. The van der Waals surface area contributed by atoms with E-state index in [-0.39, 0.29) is 23.7 Å². The van der Waals surface area contributed by atoms with Crippen LogP contribution in [0.25, 0.3) is 0 Å². The summed E-state index contributed by atoms with van der Waals surface area (Å²) in [5.74, 6) is -1.24. The van der Waals surface area contributed by atoms with Gasteiger partial charge in [0.2, 0.25) is 5.91 Å². The van der Waals surface area contributed by atoms with E-state index < -0.39 is 29.9 Å². The molecule has 7 nitrogen and oxygen atoms in total. The van der Waals surface area contributed by atoms with E-state index in [2.05, 4.69) is 5.32 Å². The molecule has 0 spiro atoms. The van der Waals surface area contributed by atoms with Gasteiger partial charge < -0.3 is 10.1 Å². The van der Waals surface area contributed by atoms with Crippen molar-refractivity contribution < 1.29 is 23.5 Å². The van der Waals surface area contributed by atoms with Gasteiger partial charge in [-0.2, -0.15) is 0 Å². The van der Waals surface area contributed by atoms with Crippen LogP contribution < -0.4 is 10.2 Å². The SMILES string of the molecule is Cc1ccccc1C(C(=O)NC1CCCCC1)N(C(=O)C1CCCCN1C(=O)OC(C)C)c1cccc(F)c1. The molecule has 1 aliphatic heterocycles. The molecule has 2 fully saturated rings. The Labute approximate surface area is 230 Å². The van der Waals surface area contributed by atoms with Crippen molar-refractivity contribution in [3.05, 3.63) is 65.5 Å². The summed E-state index contributed by atoms with van der Waals surface area (Å²) in [4.78, 5) is 44.5. The second-order valence-corrected chi connectivity index (χ2v) is 10.9. The van der Waals surface area contributed by atoms with Gasteiger partial charge in [-0.05, 0) is 82.2 Å². The lowest BCUT2D eigenvalue weighted by Crippen LogP contribution is -2.56. The van der Waals surface area contributed by atoms with Crippen LogP contribution in [0.5, 0.6) is 0 Å². The Kier molecular flexibility index (Phi) is 9.59. The zero-order chi connectivity index (χ0) is 27.9. The number of nitrogens with zero attached hydrogens (tertiary/aromatic N) is 2. The number of likely N-dealkylation sites (tertiary alicyclic amines) is 1. The number of aryl methyl sites for hydroxylation is 1. The minimum atomic E-state index is -1.03. The Bertz CT molecular complexity index is 1160. The second-order valence-electron chi connectivity index (χ2n) is 10.9. The van der Waals surface area contributed by atoms with Gasteiger partial charge >= 0.3 is 6.09 Å². The standard InChI is InChI=1S/C31H40FN3O4/c1-21(2)39-31(38)34-19-10-9-18-27(34)30(37)35(25-16-11-13-23(32)20-25)28(26-17-8-7-12-22(26)3)29(36)33-24-14-5-4-6-15-24/h7-8,11-13,16-17,20-21,24,27-28H,4-6,9-10,14-15,18-19H2,1-3H3,(H,33,36). The molecule has 210 valence electrons. The van der Waals surface area contributed by atoms with Crippen LogP contribution in [0.1, 0.15) is 82.4 Å². The molecule has 2 aliphatic rings. The predicted octanol–water partition coefficient (Wildman–Crippen LogP) is 6.06. The fraction of sp³-hybridized carbons (Fsp3) is 0.516. The summed E-state index contributed by atoms with van der Waals surface area (Å²) < 4.78 is 20.0. The lowest BCUT2D eigenvalue weighted by molar-refractivity contribution is -0.130. The van der Waals surface area contributed by atoms with Crippen LogP contribution in [0.3, 0.4) is 0 Å². The van der Waals surface area contributed by atoms with Crippen LogP contribution >= 0.6 is 0 Å². The van der Waals surface area contributed by atoms with Crippen molar-refractivity contribution in [2.75, 3.05) is 11.4 Å². The van der Waals surface area contributed by atoms with Crippen molar-refractivity contribution in [2.24, 2.45) is 0 Å². The van der Waals surface area contributed by atoms with Crippen LogP contribution in [-0.2, 0) is 14.3 Å². The van der Waals surface area contributed by atoms with Gasteiger partial charge in [0.1, 0.15) is 17.9 Å². The van der Waals surface area contributed by atoms with Crippen molar-refractivity contribution in [2.45, 2.75) is 96.4 Å². The predicted molar refractivity (Wildman–Crippen MR) is 149 cm³/mol. The summed E-state index contributed by atoms with van der Waals surface area (Å²) in [5.41, 5.74) is 1.78. The van der Waals surface area contributed by atoms with Crippen molar-refractivity contribution in [3.8, 4) is 0 Å². The highest BCUT2D eigenvalue weighted by Gasteiger charge is 2.42. The molecule has 2 unspecified atom stereocenters. The van der Waals surface area contributed by atoms with E-state index in [1.54, 1.807) is 19.9 Å². The molecule has 2 atom stereocenters. The van der Waals surface area contributed by atoms with Crippen LogP contribution in [0.15, 0.2) is 48.5 Å². The average molecular weight is 538 g/mol. The Morgan fingerprint density at radius 1 is 0.974 bits per heavy atom. The summed E-state index contributed by atoms with van der Waals surface area (Å²) in [5, 5.41) is 3.20. The topological polar surface area (TPSA) is 79.0 Å². The minimum absolute atomic E-state index is 0.0226. The normalized spacial score (nSPS) is 18.9. The van der Waals surface area contributed by atoms with E-state index in [1.165, 1.54) is 28.0 Å². The van der Waals surface area contributed by atoms with Crippen LogP contribution in [0.2, 0.25) is 0 Å². The maximum atomic E-state index is 14.6. The molecule has 3 amide bonds. The highest BCUT2D eigenvalue weighted by molar-refractivity contribution is 6.04. The van der Waals surface area contributed by atoms with Gasteiger partial charge in [-0.3, -0.25) is 19.4 Å². The number of piperidine rings is 1. The zero-order valence-electron chi connectivity index (χ0n) is 23.2. The fourth-order valence-electron chi connectivity index (χ4n) is 5.68. The Hall–Kier alpha value is -3.42. The third-order valence-corrected chi connectivity index (χ3v) is 7.62. The molecule has 2 aromatic carbocycles. The summed E-state index contributed by atoms with van der Waals surface area (Å²) in [6, 6.07) is 11.4. The number of carbonyl (C=O) groups is 3. The molecule has 0 bridgehead atoms.